The van der Waals surface area contributed by atoms with Crippen LogP contribution >= 0.6 is 0 Å². The summed E-state index contributed by atoms with van der Waals surface area (Å²) in [5.74, 6) is 1.38. The normalized spacial score (nSPS) is 16.2. The van der Waals surface area contributed by atoms with Gasteiger partial charge in [-0.2, -0.15) is 5.10 Å². The highest BCUT2D eigenvalue weighted by Crippen LogP contribution is 2.32. The topological polar surface area (TPSA) is 67.1 Å². The second-order valence-electron chi connectivity index (χ2n) is 6.75. The molecule has 1 unspecified atom stereocenters. The van der Waals surface area contributed by atoms with Gasteiger partial charge in [0, 0.05) is 26.1 Å². The fraction of sp³-hybridized carbons (Fsp3) is 0.286. The quantitative estimate of drug-likeness (QED) is 0.542. The second kappa shape index (κ2) is 8.03. The lowest BCUT2D eigenvalue weighted by molar-refractivity contribution is 0.641. The first kappa shape index (κ1) is 17.3. The molecule has 27 heavy (non-hydrogen) atoms. The first-order valence-electron chi connectivity index (χ1n) is 9.30. The van der Waals surface area contributed by atoms with E-state index >= 15 is 0 Å². The lowest BCUT2D eigenvalue weighted by Crippen LogP contribution is -2.38. The summed E-state index contributed by atoms with van der Waals surface area (Å²) in [5.41, 5.74) is 5.12. The molecule has 2 N–H and O–H groups in total. The number of hydrogen-bond donors (Lipinski definition) is 2. The third-order valence-corrected chi connectivity index (χ3v) is 5.05. The fourth-order valence-electron chi connectivity index (χ4n) is 3.63. The molecule has 2 aromatic carbocycles. The van der Waals surface area contributed by atoms with Gasteiger partial charge in [0.2, 0.25) is 0 Å². The Morgan fingerprint density at radius 2 is 2.11 bits per heavy atom. The second-order valence-corrected chi connectivity index (χ2v) is 6.75. The molecule has 1 aliphatic rings. The molecule has 138 valence electrons. The monoisotopic (exact) mass is 360 g/mol. The van der Waals surface area contributed by atoms with Crippen LogP contribution in [0.2, 0.25) is 0 Å². The molecule has 0 saturated carbocycles. The van der Waals surface area contributed by atoms with Gasteiger partial charge in [-0.15, -0.1) is 0 Å². The molecule has 6 heteroatoms. The van der Waals surface area contributed by atoms with E-state index in [4.69, 9.17) is 0 Å². The third-order valence-electron chi connectivity index (χ3n) is 5.05. The number of rotatable bonds is 5. The van der Waals surface area contributed by atoms with Crippen LogP contribution in [-0.2, 0) is 13.0 Å². The maximum atomic E-state index is 4.36. The van der Waals surface area contributed by atoms with Crippen molar-refractivity contribution in [2.75, 3.05) is 13.6 Å². The number of guanidine groups is 1. The van der Waals surface area contributed by atoms with Gasteiger partial charge in [0.1, 0.15) is 12.7 Å². The van der Waals surface area contributed by atoms with Crippen molar-refractivity contribution in [3.8, 4) is 5.69 Å². The van der Waals surface area contributed by atoms with Crippen molar-refractivity contribution < 1.29 is 0 Å². The molecule has 3 aromatic rings. The van der Waals surface area contributed by atoms with Gasteiger partial charge in [-0.1, -0.05) is 36.4 Å². The highest BCUT2D eigenvalue weighted by molar-refractivity contribution is 5.79. The fourth-order valence-corrected chi connectivity index (χ4v) is 3.63. The van der Waals surface area contributed by atoms with Crippen LogP contribution in [0.15, 0.2) is 66.2 Å². The van der Waals surface area contributed by atoms with E-state index in [-0.39, 0.29) is 0 Å². The molecule has 1 aliphatic carbocycles. The van der Waals surface area contributed by atoms with Crippen molar-refractivity contribution in [3.63, 3.8) is 0 Å². The van der Waals surface area contributed by atoms with Gasteiger partial charge in [-0.25, -0.2) is 9.67 Å². The van der Waals surface area contributed by atoms with Gasteiger partial charge in [0.15, 0.2) is 5.96 Å². The number of benzene rings is 2. The summed E-state index contributed by atoms with van der Waals surface area (Å²) in [4.78, 5) is 8.36. The van der Waals surface area contributed by atoms with Crippen LogP contribution < -0.4 is 10.6 Å². The van der Waals surface area contributed by atoms with Gasteiger partial charge >= 0.3 is 0 Å². The molecule has 0 amide bonds. The van der Waals surface area contributed by atoms with Crippen LogP contribution in [0.3, 0.4) is 0 Å². The minimum absolute atomic E-state index is 0.551. The van der Waals surface area contributed by atoms with Crippen molar-refractivity contribution in [1.82, 2.24) is 25.4 Å². The van der Waals surface area contributed by atoms with E-state index in [0.29, 0.717) is 12.5 Å². The van der Waals surface area contributed by atoms with E-state index in [1.807, 2.05) is 19.2 Å². The van der Waals surface area contributed by atoms with Crippen LogP contribution in [0.1, 0.15) is 29.0 Å². The molecule has 0 fully saturated rings. The Kier molecular flexibility index (Phi) is 5.14. The van der Waals surface area contributed by atoms with E-state index in [1.165, 1.54) is 30.3 Å². The molecule has 1 atom stereocenters. The van der Waals surface area contributed by atoms with Crippen LogP contribution in [-0.4, -0.2) is 34.3 Å². The Morgan fingerprint density at radius 3 is 2.96 bits per heavy atom. The molecule has 0 saturated heterocycles. The predicted molar refractivity (Wildman–Crippen MR) is 107 cm³/mol. The summed E-state index contributed by atoms with van der Waals surface area (Å²) in [5, 5.41) is 11.1. The minimum atomic E-state index is 0.551. The summed E-state index contributed by atoms with van der Waals surface area (Å²) >= 11 is 0. The molecular formula is C21H24N6. The summed E-state index contributed by atoms with van der Waals surface area (Å²) in [6.45, 7) is 1.60. The van der Waals surface area contributed by atoms with Gasteiger partial charge < -0.3 is 10.6 Å². The summed E-state index contributed by atoms with van der Waals surface area (Å²) in [6, 6.07) is 17.0. The molecule has 0 bridgehead atoms. The first-order chi connectivity index (χ1) is 13.3. The Morgan fingerprint density at radius 1 is 1.19 bits per heavy atom. The van der Waals surface area contributed by atoms with Crippen molar-refractivity contribution in [3.05, 3.63) is 77.9 Å². The van der Waals surface area contributed by atoms with Gasteiger partial charge in [0.05, 0.1) is 5.69 Å². The average molecular weight is 360 g/mol. The Labute approximate surface area is 159 Å². The van der Waals surface area contributed by atoms with E-state index < -0.39 is 0 Å². The smallest absolute Gasteiger partial charge is 0.191 e. The van der Waals surface area contributed by atoms with Crippen molar-refractivity contribution in [2.24, 2.45) is 4.99 Å². The van der Waals surface area contributed by atoms with Gasteiger partial charge in [-0.05, 0) is 41.7 Å². The number of aliphatic imine (C=N–C) groups is 1. The number of aromatic nitrogens is 3. The molecule has 1 aromatic heterocycles. The summed E-state index contributed by atoms with van der Waals surface area (Å²) in [7, 11) is 1.81. The van der Waals surface area contributed by atoms with Gasteiger partial charge in [-0.3, -0.25) is 4.99 Å². The van der Waals surface area contributed by atoms with Crippen molar-refractivity contribution >= 4 is 5.96 Å². The van der Waals surface area contributed by atoms with Crippen molar-refractivity contribution in [2.45, 2.75) is 25.3 Å². The number of hydrogen-bond acceptors (Lipinski definition) is 3. The van der Waals surface area contributed by atoms with Crippen LogP contribution in [0.4, 0.5) is 0 Å². The SMILES string of the molecule is CN=C(NCc1cccc(-n2cncn2)c1)NCC1CCc2ccccc21. The summed E-state index contributed by atoms with van der Waals surface area (Å²) < 4.78 is 1.76. The number of nitrogens with one attached hydrogen (secondary N) is 2. The predicted octanol–water partition coefficient (Wildman–Crippen LogP) is 2.66. The maximum absolute atomic E-state index is 4.36. The third kappa shape index (κ3) is 4.00. The zero-order valence-electron chi connectivity index (χ0n) is 15.5. The molecule has 1 heterocycles. The van der Waals surface area contributed by atoms with Crippen LogP contribution in [0.25, 0.3) is 5.69 Å². The number of aryl methyl sites for hydroxylation is 1. The molecule has 0 aliphatic heterocycles. The maximum Gasteiger partial charge on any atom is 0.191 e. The van der Waals surface area contributed by atoms with Crippen molar-refractivity contribution in [1.29, 1.82) is 0 Å². The minimum Gasteiger partial charge on any atom is -0.356 e. The van der Waals surface area contributed by atoms with E-state index in [0.717, 1.165) is 23.8 Å². The average Bonchev–Trinajstić information content (AvgIpc) is 3.39. The molecule has 0 spiro atoms. The number of nitrogens with zero attached hydrogens (tertiary/aromatic N) is 4. The Bertz CT molecular complexity index is 916. The van der Waals surface area contributed by atoms with E-state index in [9.17, 15) is 0 Å². The zero-order valence-corrected chi connectivity index (χ0v) is 15.5. The summed E-state index contributed by atoms with van der Waals surface area (Å²) in [6.07, 6.45) is 5.61. The van der Waals surface area contributed by atoms with E-state index in [2.05, 4.69) is 62.1 Å². The van der Waals surface area contributed by atoms with Crippen LogP contribution in [0.5, 0.6) is 0 Å². The molecular weight excluding hydrogens is 336 g/mol. The molecule has 4 rings (SSSR count). The lowest BCUT2D eigenvalue weighted by atomic mass is 10.0. The molecule has 0 radical (unpaired) electrons. The zero-order chi connectivity index (χ0) is 18.5. The lowest BCUT2D eigenvalue weighted by Gasteiger charge is -2.16. The molecule has 6 nitrogen and oxygen atoms in total. The van der Waals surface area contributed by atoms with E-state index in [1.54, 1.807) is 11.0 Å². The Balaban J connectivity index is 1.33. The van der Waals surface area contributed by atoms with Gasteiger partial charge in [0.25, 0.3) is 0 Å². The highest BCUT2D eigenvalue weighted by Gasteiger charge is 2.21. The number of fused-ring (bicyclic) bond motifs is 1. The standard InChI is InChI=1S/C21H24N6/c1-22-21(25-13-18-10-9-17-6-2-3-8-20(17)18)24-12-16-5-4-7-19(11-16)27-15-23-14-26-27/h2-8,11,14-15,18H,9-10,12-13H2,1H3,(H2,22,24,25). The highest BCUT2D eigenvalue weighted by atomic mass is 15.3. The largest absolute Gasteiger partial charge is 0.356 e. The van der Waals surface area contributed by atoms with Crippen LogP contribution in [0, 0.1) is 0 Å². The Hall–Kier alpha value is -3.15. The first-order valence-corrected chi connectivity index (χ1v) is 9.30.